The van der Waals surface area contributed by atoms with Crippen LogP contribution in [0, 0.1) is 24.5 Å². The monoisotopic (exact) mass is 566 g/mol. The highest BCUT2D eigenvalue weighted by Crippen LogP contribution is 2.33. The van der Waals surface area contributed by atoms with Crippen molar-refractivity contribution in [1.29, 1.82) is 0 Å². The van der Waals surface area contributed by atoms with E-state index in [0.29, 0.717) is 28.3 Å². The van der Waals surface area contributed by atoms with E-state index in [0.717, 1.165) is 84.5 Å². The molecule has 2 saturated heterocycles. The molecule has 3 aliphatic rings. The van der Waals surface area contributed by atoms with Crippen LogP contribution in [0.5, 0.6) is 0 Å². The van der Waals surface area contributed by atoms with Crippen LogP contribution >= 0.6 is 0 Å². The first kappa shape index (κ1) is 28.0. The molecule has 1 N–H and O–H groups in total. The maximum atomic E-state index is 15.3. The molecule has 220 valence electrons. The largest absolute Gasteiger partial charge is 0.379 e. The molecule has 0 amide bonds. The third-order valence-corrected chi connectivity index (χ3v) is 9.18. The molecule has 1 saturated carbocycles. The van der Waals surface area contributed by atoms with Crippen molar-refractivity contribution in [2.75, 3.05) is 56.2 Å². The van der Waals surface area contributed by atoms with Crippen LogP contribution in [0.15, 0.2) is 29.2 Å². The standard InChI is InChI=1S/C31H40F2N6O2/c1-21-25-20-34-31(36-29(25)39(30(40)28(21)33)24-6-2-3-7-24)35-23-8-9-27(26(32)19-23)38-13-10-22(11-14-38)5-4-12-37-15-17-41-18-16-37/h8-9,19-20,22,24H,2-7,10-18H2,1H3,(H,34,35,36). The van der Waals surface area contributed by atoms with Crippen molar-refractivity contribution in [2.45, 2.75) is 64.3 Å². The van der Waals surface area contributed by atoms with E-state index in [1.807, 2.05) is 12.1 Å². The number of benzene rings is 1. The van der Waals surface area contributed by atoms with Gasteiger partial charge >= 0.3 is 0 Å². The maximum absolute atomic E-state index is 15.3. The van der Waals surface area contributed by atoms with Gasteiger partial charge in [0.2, 0.25) is 5.95 Å². The molecular weight excluding hydrogens is 526 g/mol. The molecule has 1 aromatic carbocycles. The lowest BCUT2D eigenvalue weighted by Gasteiger charge is -2.34. The second-order valence-corrected chi connectivity index (χ2v) is 11.8. The van der Waals surface area contributed by atoms with Crippen LogP contribution in [0.3, 0.4) is 0 Å². The highest BCUT2D eigenvalue weighted by Gasteiger charge is 2.25. The maximum Gasteiger partial charge on any atom is 0.288 e. The third kappa shape index (κ3) is 6.09. The summed E-state index contributed by atoms with van der Waals surface area (Å²) in [5.74, 6) is -0.0921. The lowest BCUT2D eigenvalue weighted by molar-refractivity contribution is 0.0365. The van der Waals surface area contributed by atoms with Crippen LogP contribution in [-0.4, -0.2) is 65.4 Å². The van der Waals surface area contributed by atoms with Gasteiger partial charge in [-0.05, 0) is 76.1 Å². The molecule has 6 rings (SSSR count). The van der Waals surface area contributed by atoms with E-state index in [1.54, 1.807) is 13.1 Å². The van der Waals surface area contributed by atoms with Crippen LogP contribution < -0.4 is 15.8 Å². The van der Waals surface area contributed by atoms with Crippen molar-refractivity contribution >= 4 is 28.4 Å². The van der Waals surface area contributed by atoms with Crippen LogP contribution in [-0.2, 0) is 4.74 Å². The Balaban J connectivity index is 1.10. The predicted octanol–water partition coefficient (Wildman–Crippen LogP) is 5.57. The average molecular weight is 567 g/mol. The lowest BCUT2D eigenvalue weighted by Crippen LogP contribution is -2.37. The number of ether oxygens (including phenoxy) is 1. The second-order valence-electron chi connectivity index (χ2n) is 11.8. The van der Waals surface area contributed by atoms with Gasteiger partial charge in [-0.1, -0.05) is 12.8 Å². The summed E-state index contributed by atoms with van der Waals surface area (Å²) in [5, 5.41) is 3.61. The van der Waals surface area contributed by atoms with Gasteiger partial charge in [-0.15, -0.1) is 0 Å². The van der Waals surface area contributed by atoms with Gasteiger partial charge in [0.1, 0.15) is 11.5 Å². The van der Waals surface area contributed by atoms with Gasteiger partial charge in [0.25, 0.3) is 5.56 Å². The molecule has 2 aromatic heterocycles. The van der Waals surface area contributed by atoms with E-state index in [4.69, 9.17) is 4.74 Å². The normalized spacial score (nSPS) is 19.3. The molecule has 8 nitrogen and oxygen atoms in total. The van der Waals surface area contributed by atoms with E-state index in [1.165, 1.54) is 23.5 Å². The molecule has 2 aliphatic heterocycles. The van der Waals surface area contributed by atoms with Gasteiger partial charge in [-0.3, -0.25) is 14.3 Å². The molecule has 0 radical (unpaired) electrons. The first-order valence-corrected chi connectivity index (χ1v) is 15.2. The molecule has 41 heavy (non-hydrogen) atoms. The van der Waals surface area contributed by atoms with Gasteiger partial charge in [-0.2, -0.15) is 4.98 Å². The summed E-state index contributed by atoms with van der Waals surface area (Å²) >= 11 is 0. The minimum absolute atomic E-state index is 0.0755. The number of hydrogen-bond donors (Lipinski definition) is 1. The molecule has 3 fully saturated rings. The van der Waals surface area contributed by atoms with Gasteiger partial charge in [0, 0.05) is 55.1 Å². The predicted molar refractivity (Wildman–Crippen MR) is 157 cm³/mol. The molecule has 3 aromatic rings. The fourth-order valence-corrected chi connectivity index (χ4v) is 6.72. The third-order valence-electron chi connectivity index (χ3n) is 9.18. The molecule has 0 spiro atoms. The highest BCUT2D eigenvalue weighted by molar-refractivity contribution is 5.79. The first-order valence-electron chi connectivity index (χ1n) is 15.2. The average Bonchev–Trinajstić information content (AvgIpc) is 3.52. The van der Waals surface area contributed by atoms with Crippen LogP contribution in [0.1, 0.15) is 63.0 Å². The minimum Gasteiger partial charge on any atom is -0.379 e. The molecular formula is C31H40F2N6O2. The van der Waals surface area contributed by atoms with Gasteiger partial charge in [-0.25, -0.2) is 13.8 Å². The number of aryl methyl sites for hydroxylation is 1. The summed E-state index contributed by atoms with van der Waals surface area (Å²) in [6, 6.07) is 5.04. The molecule has 10 heteroatoms. The molecule has 1 aliphatic carbocycles. The summed E-state index contributed by atoms with van der Waals surface area (Å²) in [6.45, 7) is 8.20. The Morgan fingerprint density at radius 1 is 1.05 bits per heavy atom. The fraction of sp³-hybridized carbons (Fsp3) is 0.581. The zero-order valence-corrected chi connectivity index (χ0v) is 23.9. The molecule has 0 atom stereocenters. The van der Waals surface area contributed by atoms with E-state index in [2.05, 4.69) is 25.1 Å². The topological polar surface area (TPSA) is 75.5 Å². The quantitative estimate of drug-likeness (QED) is 0.382. The first-order chi connectivity index (χ1) is 20.0. The highest BCUT2D eigenvalue weighted by atomic mass is 19.1. The molecule has 0 bridgehead atoms. The molecule has 4 heterocycles. The summed E-state index contributed by atoms with van der Waals surface area (Å²) in [5.41, 5.74) is 1.17. The van der Waals surface area contributed by atoms with Crippen molar-refractivity contribution in [3.05, 3.63) is 51.9 Å². The number of aromatic nitrogens is 3. The van der Waals surface area contributed by atoms with Gasteiger partial charge < -0.3 is 15.0 Å². The number of piperidine rings is 1. The van der Waals surface area contributed by atoms with Crippen molar-refractivity contribution in [3.63, 3.8) is 0 Å². The zero-order chi connectivity index (χ0) is 28.3. The number of pyridine rings is 1. The number of morpholine rings is 1. The van der Waals surface area contributed by atoms with E-state index < -0.39 is 11.4 Å². The SMILES string of the molecule is Cc1c(F)c(=O)n(C2CCCC2)c2nc(Nc3ccc(N4CCC(CCCN5CCOCC5)CC4)c(F)c3)ncc12. The number of anilines is 3. The number of rotatable bonds is 8. The Kier molecular flexibility index (Phi) is 8.48. The number of hydrogen-bond acceptors (Lipinski definition) is 7. The van der Waals surface area contributed by atoms with Crippen LogP contribution in [0.2, 0.25) is 0 Å². The summed E-state index contributed by atoms with van der Waals surface area (Å²) in [6.07, 6.45) is 9.79. The number of halogens is 2. The Labute approximate surface area is 239 Å². The summed E-state index contributed by atoms with van der Waals surface area (Å²) < 4.78 is 37.0. The Morgan fingerprint density at radius 3 is 2.54 bits per heavy atom. The lowest BCUT2D eigenvalue weighted by atomic mass is 9.91. The van der Waals surface area contributed by atoms with E-state index in [9.17, 15) is 9.18 Å². The van der Waals surface area contributed by atoms with Gasteiger partial charge in [0.05, 0.1) is 18.9 Å². The van der Waals surface area contributed by atoms with Crippen LogP contribution in [0.25, 0.3) is 11.0 Å². The van der Waals surface area contributed by atoms with Crippen molar-refractivity contribution < 1.29 is 13.5 Å². The molecule has 0 unspecified atom stereocenters. The summed E-state index contributed by atoms with van der Waals surface area (Å²) in [7, 11) is 0. The van der Waals surface area contributed by atoms with E-state index in [-0.39, 0.29) is 23.4 Å². The second kappa shape index (κ2) is 12.4. The Bertz CT molecular complexity index is 1430. The van der Waals surface area contributed by atoms with E-state index >= 15 is 4.39 Å². The fourth-order valence-electron chi connectivity index (χ4n) is 6.72. The minimum atomic E-state index is -0.747. The van der Waals surface area contributed by atoms with Crippen LogP contribution in [0.4, 0.5) is 26.1 Å². The summed E-state index contributed by atoms with van der Waals surface area (Å²) in [4.78, 5) is 26.5. The van der Waals surface area contributed by atoms with Gasteiger partial charge in [0.15, 0.2) is 5.82 Å². The number of nitrogens with one attached hydrogen (secondary N) is 1. The Hall–Kier alpha value is -3.11. The number of fused-ring (bicyclic) bond motifs is 1. The smallest absolute Gasteiger partial charge is 0.288 e. The van der Waals surface area contributed by atoms with Crippen molar-refractivity contribution in [1.82, 2.24) is 19.4 Å². The van der Waals surface area contributed by atoms with Crippen molar-refractivity contribution in [3.8, 4) is 0 Å². The zero-order valence-electron chi connectivity index (χ0n) is 23.9. The van der Waals surface area contributed by atoms with Crippen molar-refractivity contribution in [2.24, 2.45) is 5.92 Å². The Morgan fingerprint density at radius 2 is 1.80 bits per heavy atom. The number of nitrogens with zero attached hydrogens (tertiary/aromatic N) is 5.